The van der Waals surface area contributed by atoms with Crippen LogP contribution in [0.4, 0.5) is 4.39 Å². The molecular formula is C14H22FNO. The summed E-state index contributed by atoms with van der Waals surface area (Å²) in [6, 6.07) is 5.54. The van der Waals surface area contributed by atoms with E-state index in [-0.39, 0.29) is 11.9 Å². The maximum atomic E-state index is 13.2. The normalized spacial score (nSPS) is 12.7. The number of hydrogen-bond acceptors (Lipinski definition) is 2. The van der Waals surface area contributed by atoms with Crippen LogP contribution in [0.5, 0.6) is 0 Å². The first kappa shape index (κ1) is 14.1. The number of benzene rings is 1. The van der Waals surface area contributed by atoms with Crippen LogP contribution in [0.3, 0.4) is 0 Å². The van der Waals surface area contributed by atoms with E-state index in [0.29, 0.717) is 5.56 Å². The van der Waals surface area contributed by atoms with Crippen LogP contribution < -0.4 is 5.32 Å². The first-order valence-corrected chi connectivity index (χ1v) is 6.26. The van der Waals surface area contributed by atoms with E-state index in [1.54, 1.807) is 6.92 Å². The third-order valence-corrected chi connectivity index (χ3v) is 2.79. The van der Waals surface area contributed by atoms with Crippen LogP contribution in [0.15, 0.2) is 18.2 Å². The second-order valence-corrected chi connectivity index (χ2v) is 4.10. The Hall–Kier alpha value is -0.930. The van der Waals surface area contributed by atoms with Gasteiger partial charge in [-0.05, 0) is 44.0 Å². The fraction of sp³-hybridized carbons (Fsp3) is 0.571. The van der Waals surface area contributed by atoms with Crippen molar-refractivity contribution in [2.45, 2.75) is 33.2 Å². The van der Waals surface area contributed by atoms with Crippen LogP contribution in [-0.2, 0) is 4.74 Å². The van der Waals surface area contributed by atoms with E-state index < -0.39 is 0 Å². The van der Waals surface area contributed by atoms with Gasteiger partial charge in [0.05, 0.1) is 0 Å². The van der Waals surface area contributed by atoms with Crippen molar-refractivity contribution in [3.8, 4) is 0 Å². The van der Waals surface area contributed by atoms with Gasteiger partial charge < -0.3 is 10.1 Å². The summed E-state index contributed by atoms with van der Waals surface area (Å²) in [6.07, 6.45) is 0.909. The molecule has 0 aliphatic heterocycles. The molecule has 0 saturated carbocycles. The van der Waals surface area contributed by atoms with E-state index in [4.69, 9.17) is 4.74 Å². The summed E-state index contributed by atoms with van der Waals surface area (Å²) in [5.74, 6) is -0.145. The van der Waals surface area contributed by atoms with Crippen molar-refractivity contribution >= 4 is 0 Å². The minimum atomic E-state index is -0.145. The van der Waals surface area contributed by atoms with Crippen molar-refractivity contribution in [1.82, 2.24) is 5.32 Å². The van der Waals surface area contributed by atoms with E-state index in [1.807, 2.05) is 19.1 Å². The number of aryl methyl sites for hydroxylation is 1. The Morgan fingerprint density at radius 1 is 1.35 bits per heavy atom. The van der Waals surface area contributed by atoms with Gasteiger partial charge in [0.2, 0.25) is 0 Å². The van der Waals surface area contributed by atoms with E-state index >= 15 is 0 Å². The zero-order valence-corrected chi connectivity index (χ0v) is 10.9. The zero-order valence-electron chi connectivity index (χ0n) is 10.9. The van der Waals surface area contributed by atoms with Crippen LogP contribution in [-0.4, -0.2) is 19.8 Å². The van der Waals surface area contributed by atoms with Gasteiger partial charge in [0.25, 0.3) is 0 Å². The fourth-order valence-electron chi connectivity index (χ4n) is 1.86. The molecule has 96 valence electrons. The van der Waals surface area contributed by atoms with Crippen molar-refractivity contribution < 1.29 is 9.13 Å². The highest BCUT2D eigenvalue weighted by atomic mass is 19.1. The van der Waals surface area contributed by atoms with Crippen molar-refractivity contribution in [2.75, 3.05) is 19.8 Å². The Morgan fingerprint density at radius 3 is 2.71 bits per heavy atom. The zero-order chi connectivity index (χ0) is 12.7. The molecule has 3 heteroatoms. The molecular weight excluding hydrogens is 217 g/mol. The Morgan fingerprint density at radius 2 is 2.12 bits per heavy atom. The average molecular weight is 239 g/mol. The second kappa shape index (κ2) is 7.41. The first-order chi connectivity index (χ1) is 8.19. The number of rotatable bonds is 7. The Bertz CT molecular complexity index is 341. The maximum Gasteiger partial charge on any atom is 0.126 e. The second-order valence-electron chi connectivity index (χ2n) is 4.10. The molecule has 0 aliphatic carbocycles. The molecule has 0 aliphatic rings. The van der Waals surface area contributed by atoms with E-state index in [0.717, 1.165) is 31.7 Å². The summed E-state index contributed by atoms with van der Waals surface area (Å²) in [5, 5.41) is 3.40. The van der Waals surface area contributed by atoms with Crippen molar-refractivity contribution in [1.29, 1.82) is 0 Å². The van der Waals surface area contributed by atoms with Gasteiger partial charge in [0, 0.05) is 19.3 Å². The number of hydrogen-bond donors (Lipinski definition) is 1. The molecule has 2 nitrogen and oxygen atoms in total. The van der Waals surface area contributed by atoms with Crippen LogP contribution >= 0.6 is 0 Å². The number of ether oxygens (including phenoxy) is 1. The molecule has 0 radical (unpaired) electrons. The SMILES string of the molecule is CCNC(CCOCC)c1ccc(F)c(C)c1. The number of nitrogens with one attached hydrogen (secondary N) is 1. The van der Waals surface area contributed by atoms with Crippen molar-refractivity contribution in [3.63, 3.8) is 0 Å². The predicted octanol–water partition coefficient (Wildman–Crippen LogP) is 3.21. The molecule has 0 heterocycles. The van der Waals surface area contributed by atoms with E-state index in [9.17, 15) is 4.39 Å². The van der Waals surface area contributed by atoms with Gasteiger partial charge in [-0.3, -0.25) is 0 Å². The third kappa shape index (κ3) is 4.44. The monoisotopic (exact) mass is 239 g/mol. The highest BCUT2D eigenvalue weighted by Gasteiger charge is 2.11. The maximum absolute atomic E-state index is 13.2. The molecule has 1 aromatic carbocycles. The average Bonchev–Trinajstić information content (AvgIpc) is 2.32. The molecule has 0 fully saturated rings. The molecule has 17 heavy (non-hydrogen) atoms. The minimum absolute atomic E-state index is 0.145. The van der Waals surface area contributed by atoms with Crippen molar-refractivity contribution in [2.24, 2.45) is 0 Å². The van der Waals surface area contributed by atoms with Gasteiger partial charge >= 0.3 is 0 Å². The van der Waals surface area contributed by atoms with Gasteiger partial charge in [0.1, 0.15) is 5.82 Å². The van der Waals surface area contributed by atoms with E-state index in [1.165, 1.54) is 6.07 Å². The van der Waals surface area contributed by atoms with Crippen LogP contribution in [0.25, 0.3) is 0 Å². The topological polar surface area (TPSA) is 21.3 Å². The lowest BCUT2D eigenvalue weighted by Gasteiger charge is -2.19. The Labute approximate surface area is 103 Å². The summed E-state index contributed by atoms with van der Waals surface area (Å²) >= 11 is 0. The summed E-state index contributed by atoms with van der Waals surface area (Å²) in [5.41, 5.74) is 1.83. The first-order valence-electron chi connectivity index (χ1n) is 6.26. The summed E-state index contributed by atoms with van der Waals surface area (Å²) in [4.78, 5) is 0. The molecule has 0 saturated heterocycles. The van der Waals surface area contributed by atoms with E-state index in [2.05, 4.69) is 12.2 Å². The summed E-state index contributed by atoms with van der Waals surface area (Å²) < 4.78 is 18.6. The standard InChI is InChI=1S/C14H22FNO/c1-4-16-14(8-9-17-5-2)12-6-7-13(15)11(3)10-12/h6-7,10,14,16H,4-5,8-9H2,1-3H3. The lowest BCUT2D eigenvalue weighted by Crippen LogP contribution is -2.22. The highest BCUT2D eigenvalue weighted by Crippen LogP contribution is 2.19. The smallest absolute Gasteiger partial charge is 0.126 e. The van der Waals surface area contributed by atoms with Crippen molar-refractivity contribution in [3.05, 3.63) is 35.1 Å². The van der Waals surface area contributed by atoms with Crippen LogP contribution in [0.2, 0.25) is 0 Å². The molecule has 1 N–H and O–H groups in total. The van der Waals surface area contributed by atoms with Crippen LogP contribution in [0, 0.1) is 12.7 Å². The van der Waals surface area contributed by atoms with Gasteiger partial charge in [-0.25, -0.2) is 4.39 Å². The van der Waals surface area contributed by atoms with Gasteiger partial charge in [-0.1, -0.05) is 19.1 Å². The van der Waals surface area contributed by atoms with Gasteiger partial charge in [-0.15, -0.1) is 0 Å². The lowest BCUT2D eigenvalue weighted by molar-refractivity contribution is 0.136. The number of halogens is 1. The molecule has 1 aromatic rings. The molecule has 0 amide bonds. The molecule has 0 bridgehead atoms. The highest BCUT2D eigenvalue weighted by molar-refractivity contribution is 5.26. The molecule has 0 spiro atoms. The molecule has 1 atom stereocenters. The molecule has 0 aromatic heterocycles. The Balaban J connectivity index is 2.70. The van der Waals surface area contributed by atoms with Crippen LogP contribution in [0.1, 0.15) is 37.4 Å². The van der Waals surface area contributed by atoms with Gasteiger partial charge in [0.15, 0.2) is 0 Å². The largest absolute Gasteiger partial charge is 0.382 e. The quantitative estimate of drug-likeness (QED) is 0.738. The Kier molecular flexibility index (Phi) is 6.16. The summed E-state index contributed by atoms with van der Waals surface area (Å²) in [7, 11) is 0. The van der Waals surface area contributed by atoms with Gasteiger partial charge in [-0.2, -0.15) is 0 Å². The lowest BCUT2D eigenvalue weighted by atomic mass is 10.0. The fourth-order valence-corrected chi connectivity index (χ4v) is 1.86. The summed E-state index contributed by atoms with van der Waals surface area (Å²) in [6.45, 7) is 8.22. The molecule has 1 rings (SSSR count). The minimum Gasteiger partial charge on any atom is -0.382 e. The third-order valence-electron chi connectivity index (χ3n) is 2.79. The predicted molar refractivity (Wildman–Crippen MR) is 68.7 cm³/mol. The molecule has 1 unspecified atom stereocenters.